The van der Waals surface area contributed by atoms with Crippen molar-refractivity contribution in [2.75, 3.05) is 45.8 Å². The molecule has 1 fully saturated rings. The summed E-state index contributed by atoms with van der Waals surface area (Å²) in [5.41, 5.74) is 0.103. The van der Waals surface area contributed by atoms with Crippen LogP contribution < -0.4 is 10.6 Å². The van der Waals surface area contributed by atoms with Gasteiger partial charge in [-0.1, -0.05) is 0 Å². The topological polar surface area (TPSA) is 73.1 Å². The summed E-state index contributed by atoms with van der Waals surface area (Å²) in [7, 11) is 0. The Bertz CT molecular complexity index is 561. The maximum atomic E-state index is 12.3. The molecule has 2 heterocycles. The van der Waals surface area contributed by atoms with E-state index in [0.717, 1.165) is 38.7 Å². The number of furan rings is 1. The van der Waals surface area contributed by atoms with Crippen LogP contribution in [-0.4, -0.2) is 73.0 Å². The lowest BCUT2D eigenvalue weighted by Gasteiger charge is -2.36. The van der Waals surface area contributed by atoms with Gasteiger partial charge in [0.2, 0.25) is 0 Å². The molecule has 1 aromatic heterocycles. The summed E-state index contributed by atoms with van der Waals surface area (Å²) >= 11 is 0. The number of nitrogens with one attached hydrogen (secondary N) is 2. The minimum atomic E-state index is -0.0408. The van der Waals surface area contributed by atoms with Crippen LogP contribution in [0.25, 0.3) is 0 Å². The van der Waals surface area contributed by atoms with Gasteiger partial charge >= 0.3 is 0 Å². The number of rotatable bonds is 5. The van der Waals surface area contributed by atoms with E-state index in [-0.39, 0.29) is 35.4 Å². The Balaban J connectivity index is 0.00000338. The van der Waals surface area contributed by atoms with Crippen molar-refractivity contribution < 1.29 is 9.21 Å². The number of carbonyl (C=O) groups excluding carboxylic acids is 1. The van der Waals surface area contributed by atoms with Crippen molar-refractivity contribution in [1.29, 1.82) is 0 Å². The van der Waals surface area contributed by atoms with Crippen LogP contribution in [-0.2, 0) is 0 Å². The molecule has 8 heteroatoms. The van der Waals surface area contributed by atoms with Crippen LogP contribution in [0.15, 0.2) is 27.8 Å². The van der Waals surface area contributed by atoms with E-state index in [9.17, 15) is 4.79 Å². The predicted molar refractivity (Wildman–Crippen MR) is 115 cm³/mol. The largest absolute Gasteiger partial charge is 0.459 e. The van der Waals surface area contributed by atoms with Crippen LogP contribution in [0, 0.1) is 0 Å². The van der Waals surface area contributed by atoms with Crippen LogP contribution in [0.1, 0.15) is 38.2 Å². The molecule has 0 aromatic carbocycles. The number of piperazine rings is 1. The van der Waals surface area contributed by atoms with Crippen molar-refractivity contribution in [1.82, 2.24) is 20.4 Å². The molecule has 0 bridgehead atoms. The molecule has 0 spiro atoms. The Hall–Kier alpha value is -1.29. The summed E-state index contributed by atoms with van der Waals surface area (Å²) in [5.74, 6) is 1.28. The molecular formula is C18H32IN5O2. The average Bonchev–Trinajstić information content (AvgIpc) is 3.11. The number of amides is 1. The second-order valence-electron chi connectivity index (χ2n) is 7.17. The number of hydrogen-bond donors (Lipinski definition) is 2. The number of nitrogens with zero attached hydrogens (tertiary/aromatic N) is 3. The Labute approximate surface area is 173 Å². The molecule has 26 heavy (non-hydrogen) atoms. The molecule has 148 valence electrons. The number of guanidine groups is 1. The Kier molecular flexibility index (Phi) is 9.42. The molecule has 0 atom stereocenters. The van der Waals surface area contributed by atoms with Gasteiger partial charge < -0.3 is 24.9 Å². The number of hydrogen-bond acceptors (Lipinski definition) is 4. The first kappa shape index (κ1) is 22.8. The number of halogens is 1. The summed E-state index contributed by atoms with van der Waals surface area (Å²) < 4.78 is 5.21. The molecule has 1 aromatic rings. The smallest absolute Gasteiger partial charge is 0.289 e. The van der Waals surface area contributed by atoms with Crippen molar-refractivity contribution in [3.05, 3.63) is 24.2 Å². The molecule has 0 aliphatic carbocycles. The zero-order valence-corrected chi connectivity index (χ0v) is 18.6. The molecule has 1 aliphatic rings. The SMILES string of the molecule is CCNC(=NCCNC(C)(C)C)N1CCN(C(=O)c2ccco2)CC1.I. The first-order valence-electron chi connectivity index (χ1n) is 9.02. The van der Waals surface area contributed by atoms with E-state index < -0.39 is 0 Å². The van der Waals surface area contributed by atoms with Crippen molar-refractivity contribution in [3.63, 3.8) is 0 Å². The molecule has 1 amide bonds. The van der Waals surface area contributed by atoms with Gasteiger partial charge in [0.25, 0.3) is 5.91 Å². The van der Waals surface area contributed by atoms with Crippen molar-refractivity contribution in [2.24, 2.45) is 4.99 Å². The lowest BCUT2D eigenvalue weighted by Crippen LogP contribution is -2.54. The molecule has 0 radical (unpaired) electrons. The highest BCUT2D eigenvalue weighted by Crippen LogP contribution is 2.09. The summed E-state index contributed by atoms with van der Waals surface area (Å²) in [4.78, 5) is 21.1. The second-order valence-corrected chi connectivity index (χ2v) is 7.17. The van der Waals surface area contributed by atoms with E-state index in [1.165, 1.54) is 6.26 Å². The quantitative estimate of drug-likeness (QED) is 0.294. The van der Waals surface area contributed by atoms with Crippen molar-refractivity contribution in [2.45, 2.75) is 33.2 Å². The van der Waals surface area contributed by atoms with Crippen LogP contribution >= 0.6 is 24.0 Å². The van der Waals surface area contributed by atoms with Gasteiger partial charge in [-0.15, -0.1) is 24.0 Å². The minimum Gasteiger partial charge on any atom is -0.459 e. The normalized spacial score (nSPS) is 15.6. The highest BCUT2D eigenvalue weighted by Gasteiger charge is 2.25. The summed E-state index contributed by atoms with van der Waals surface area (Å²) in [6.07, 6.45) is 1.53. The maximum absolute atomic E-state index is 12.3. The van der Waals surface area contributed by atoms with E-state index in [1.807, 2.05) is 4.90 Å². The lowest BCUT2D eigenvalue weighted by atomic mass is 10.1. The zero-order chi connectivity index (χ0) is 18.3. The molecule has 7 nitrogen and oxygen atoms in total. The van der Waals surface area contributed by atoms with E-state index >= 15 is 0 Å². The van der Waals surface area contributed by atoms with E-state index in [0.29, 0.717) is 18.8 Å². The average molecular weight is 477 g/mol. The first-order chi connectivity index (χ1) is 11.9. The Morgan fingerprint density at radius 2 is 1.88 bits per heavy atom. The summed E-state index contributed by atoms with van der Waals surface area (Å²) in [5, 5.41) is 6.79. The van der Waals surface area contributed by atoms with Crippen LogP contribution in [0.5, 0.6) is 0 Å². The van der Waals surface area contributed by atoms with E-state index in [4.69, 9.17) is 9.41 Å². The molecule has 1 saturated heterocycles. The van der Waals surface area contributed by atoms with Gasteiger partial charge in [-0.05, 0) is 39.8 Å². The highest BCUT2D eigenvalue weighted by atomic mass is 127. The van der Waals surface area contributed by atoms with Crippen molar-refractivity contribution >= 4 is 35.8 Å². The summed E-state index contributed by atoms with van der Waals surface area (Å²) in [6.45, 7) is 13.8. The zero-order valence-electron chi connectivity index (χ0n) is 16.2. The third kappa shape index (κ3) is 7.14. The fourth-order valence-electron chi connectivity index (χ4n) is 2.70. The molecule has 0 unspecified atom stereocenters. The van der Waals surface area contributed by atoms with Gasteiger partial charge in [-0.3, -0.25) is 9.79 Å². The highest BCUT2D eigenvalue weighted by molar-refractivity contribution is 14.0. The third-order valence-corrected chi connectivity index (χ3v) is 3.96. The predicted octanol–water partition coefficient (Wildman–Crippen LogP) is 2.01. The van der Waals surface area contributed by atoms with Gasteiger partial charge in [0.05, 0.1) is 12.8 Å². The van der Waals surface area contributed by atoms with Gasteiger partial charge in [0.1, 0.15) is 0 Å². The van der Waals surface area contributed by atoms with E-state index in [2.05, 4.69) is 43.2 Å². The van der Waals surface area contributed by atoms with E-state index in [1.54, 1.807) is 12.1 Å². The first-order valence-corrected chi connectivity index (χ1v) is 9.02. The maximum Gasteiger partial charge on any atom is 0.289 e. The third-order valence-electron chi connectivity index (χ3n) is 3.96. The van der Waals surface area contributed by atoms with Gasteiger partial charge in [-0.2, -0.15) is 0 Å². The van der Waals surface area contributed by atoms with Crippen LogP contribution in [0.3, 0.4) is 0 Å². The number of aliphatic imine (C=N–C) groups is 1. The lowest BCUT2D eigenvalue weighted by molar-refractivity contribution is 0.0657. The Morgan fingerprint density at radius 1 is 1.23 bits per heavy atom. The van der Waals surface area contributed by atoms with Crippen LogP contribution in [0.4, 0.5) is 0 Å². The van der Waals surface area contributed by atoms with Crippen LogP contribution in [0.2, 0.25) is 0 Å². The molecule has 2 N–H and O–H groups in total. The second kappa shape index (κ2) is 10.8. The minimum absolute atomic E-state index is 0. The standard InChI is InChI=1S/C18H31N5O2.HI/c1-5-19-17(20-8-9-21-18(2,3)4)23-12-10-22(11-13-23)16(24)15-7-6-14-25-15;/h6-7,14,21H,5,8-13H2,1-4H3,(H,19,20);1H. The summed E-state index contributed by atoms with van der Waals surface area (Å²) in [6, 6.07) is 3.45. The van der Waals surface area contributed by atoms with Crippen molar-refractivity contribution in [3.8, 4) is 0 Å². The fraction of sp³-hybridized carbons (Fsp3) is 0.667. The molecular weight excluding hydrogens is 445 g/mol. The molecule has 2 rings (SSSR count). The van der Waals surface area contributed by atoms with Gasteiger partial charge in [0, 0.05) is 44.8 Å². The fourth-order valence-corrected chi connectivity index (χ4v) is 2.70. The number of carbonyl (C=O) groups is 1. The van der Waals surface area contributed by atoms with Gasteiger partial charge in [0.15, 0.2) is 11.7 Å². The molecule has 1 aliphatic heterocycles. The molecule has 0 saturated carbocycles. The monoisotopic (exact) mass is 477 g/mol. The Morgan fingerprint density at radius 3 is 2.42 bits per heavy atom. The van der Waals surface area contributed by atoms with Gasteiger partial charge in [-0.25, -0.2) is 0 Å².